The summed E-state index contributed by atoms with van der Waals surface area (Å²) in [7, 11) is 1.71. The second kappa shape index (κ2) is 11.7. The van der Waals surface area contributed by atoms with Crippen molar-refractivity contribution < 1.29 is 9.47 Å². The number of benzene rings is 2. The standard InChI is InChI=1S/C19H24O2.C2H6/c1-3-21-14-13-18-9-5-4-8-17(18)12-11-16-7-6-10-19(15-16)20-2;1-2/h4-10,15H,3,11-14H2,1-2H3;1-2H3. The molecule has 23 heavy (non-hydrogen) atoms. The van der Waals surface area contributed by atoms with E-state index >= 15 is 0 Å². The van der Waals surface area contributed by atoms with E-state index < -0.39 is 0 Å². The Balaban J connectivity index is 0.00000127. The summed E-state index contributed by atoms with van der Waals surface area (Å²) in [6.45, 7) is 7.62. The van der Waals surface area contributed by atoms with Crippen molar-refractivity contribution in [1.82, 2.24) is 0 Å². The minimum Gasteiger partial charge on any atom is -0.497 e. The van der Waals surface area contributed by atoms with Gasteiger partial charge in [0.2, 0.25) is 0 Å². The zero-order valence-corrected chi connectivity index (χ0v) is 15.0. The number of hydrogen-bond donors (Lipinski definition) is 0. The largest absolute Gasteiger partial charge is 0.497 e. The molecular formula is C21H30O2. The van der Waals surface area contributed by atoms with Crippen LogP contribution in [0.1, 0.15) is 37.5 Å². The third kappa shape index (κ3) is 6.87. The predicted molar refractivity (Wildman–Crippen MR) is 98.4 cm³/mol. The number of methoxy groups -OCH3 is 1. The molecule has 0 saturated carbocycles. The van der Waals surface area contributed by atoms with Gasteiger partial charge in [0, 0.05) is 6.61 Å². The second-order valence-electron chi connectivity index (χ2n) is 5.07. The van der Waals surface area contributed by atoms with Gasteiger partial charge in [-0.1, -0.05) is 50.2 Å². The van der Waals surface area contributed by atoms with Gasteiger partial charge in [-0.05, 0) is 55.0 Å². The molecule has 0 atom stereocenters. The van der Waals surface area contributed by atoms with Crippen LogP contribution < -0.4 is 4.74 Å². The molecule has 2 aromatic rings. The second-order valence-corrected chi connectivity index (χ2v) is 5.07. The zero-order valence-electron chi connectivity index (χ0n) is 15.0. The van der Waals surface area contributed by atoms with Gasteiger partial charge in [0.25, 0.3) is 0 Å². The Bertz CT molecular complexity index is 549. The predicted octanol–water partition coefficient (Wildman–Crippen LogP) is 5.09. The van der Waals surface area contributed by atoms with Gasteiger partial charge < -0.3 is 9.47 Å². The average molecular weight is 314 g/mol. The minimum absolute atomic E-state index is 0.784. The molecule has 0 spiro atoms. The highest BCUT2D eigenvalue weighted by Crippen LogP contribution is 2.17. The molecule has 0 bridgehead atoms. The fourth-order valence-corrected chi connectivity index (χ4v) is 2.48. The first-order valence-corrected chi connectivity index (χ1v) is 8.61. The van der Waals surface area contributed by atoms with Crippen molar-refractivity contribution in [2.24, 2.45) is 0 Å². The Morgan fingerprint density at radius 2 is 1.52 bits per heavy atom. The molecule has 0 unspecified atom stereocenters. The Morgan fingerprint density at radius 1 is 0.826 bits per heavy atom. The van der Waals surface area contributed by atoms with E-state index in [-0.39, 0.29) is 0 Å². The van der Waals surface area contributed by atoms with E-state index in [9.17, 15) is 0 Å². The number of rotatable bonds is 8. The van der Waals surface area contributed by atoms with E-state index in [1.807, 2.05) is 26.8 Å². The zero-order chi connectivity index (χ0) is 16.9. The first-order chi connectivity index (χ1) is 11.3. The van der Waals surface area contributed by atoms with Gasteiger partial charge >= 0.3 is 0 Å². The SMILES string of the molecule is CC.CCOCCc1ccccc1CCc1cccc(OC)c1. The summed E-state index contributed by atoms with van der Waals surface area (Å²) in [6.07, 6.45) is 3.07. The highest BCUT2D eigenvalue weighted by molar-refractivity contribution is 5.31. The van der Waals surface area contributed by atoms with Crippen molar-refractivity contribution >= 4 is 0 Å². The Kier molecular flexibility index (Phi) is 9.81. The number of ether oxygens (including phenoxy) is 2. The third-order valence-corrected chi connectivity index (χ3v) is 3.66. The van der Waals surface area contributed by atoms with Crippen LogP contribution in [0, 0.1) is 0 Å². The van der Waals surface area contributed by atoms with Crippen LogP contribution in [-0.2, 0) is 24.0 Å². The molecule has 0 amide bonds. The summed E-state index contributed by atoms with van der Waals surface area (Å²) >= 11 is 0. The van der Waals surface area contributed by atoms with Crippen LogP contribution in [-0.4, -0.2) is 20.3 Å². The van der Waals surface area contributed by atoms with Gasteiger partial charge in [-0.2, -0.15) is 0 Å². The lowest BCUT2D eigenvalue weighted by Crippen LogP contribution is -2.02. The molecule has 126 valence electrons. The molecule has 0 N–H and O–H groups in total. The number of aryl methyl sites for hydroxylation is 2. The first-order valence-electron chi connectivity index (χ1n) is 8.61. The molecule has 0 aliphatic carbocycles. The van der Waals surface area contributed by atoms with Gasteiger partial charge in [0.1, 0.15) is 5.75 Å². The maximum absolute atomic E-state index is 5.47. The van der Waals surface area contributed by atoms with Gasteiger partial charge in [0.15, 0.2) is 0 Å². The highest BCUT2D eigenvalue weighted by Gasteiger charge is 2.03. The lowest BCUT2D eigenvalue weighted by molar-refractivity contribution is 0.151. The Morgan fingerprint density at radius 3 is 2.17 bits per heavy atom. The molecule has 0 aromatic heterocycles. The van der Waals surface area contributed by atoms with E-state index in [4.69, 9.17) is 9.47 Å². The van der Waals surface area contributed by atoms with Crippen LogP contribution in [0.3, 0.4) is 0 Å². The summed E-state index contributed by atoms with van der Waals surface area (Å²) < 4.78 is 10.7. The molecule has 2 aromatic carbocycles. The summed E-state index contributed by atoms with van der Waals surface area (Å²) in [5, 5.41) is 0. The lowest BCUT2D eigenvalue weighted by atomic mass is 9.98. The van der Waals surface area contributed by atoms with Crippen LogP contribution in [0.15, 0.2) is 48.5 Å². The number of hydrogen-bond acceptors (Lipinski definition) is 2. The molecule has 0 radical (unpaired) electrons. The van der Waals surface area contributed by atoms with Crippen LogP contribution in [0.4, 0.5) is 0 Å². The summed E-state index contributed by atoms with van der Waals surface area (Å²) in [4.78, 5) is 0. The van der Waals surface area contributed by atoms with E-state index in [0.29, 0.717) is 0 Å². The van der Waals surface area contributed by atoms with Crippen LogP contribution in [0.25, 0.3) is 0 Å². The molecule has 0 fully saturated rings. The lowest BCUT2D eigenvalue weighted by Gasteiger charge is -2.10. The Hall–Kier alpha value is -1.80. The van der Waals surface area contributed by atoms with Crippen molar-refractivity contribution in [3.05, 3.63) is 65.2 Å². The topological polar surface area (TPSA) is 18.5 Å². The van der Waals surface area contributed by atoms with Crippen molar-refractivity contribution in [3.63, 3.8) is 0 Å². The fourth-order valence-electron chi connectivity index (χ4n) is 2.48. The maximum atomic E-state index is 5.47. The smallest absolute Gasteiger partial charge is 0.119 e. The summed E-state index contributed by atoms with van der Waals surface area (Å²) in [5.74, 6) is 0.928. The van der Waals surface area contributed by atoms with Crippen molar-refractivity contribution in [1.29, 1.82) is 0 Å². The van der Waals surface area contributed by atoms with Crippen molar-refractivity contribution in [2.45, 2.75) is 40.0 Å². The van der Waals surface area contributed by atoms with E-state index in [1.165, 1.54) is 16.7 Å². The van der Waals surface area contributed by atoms with Crippen LogP contribution >= 0.6 is 0 Å². The Labute approximate surface area is 141 Å². The maximum Gasteiger partial charge on any atom is 0.119 e. The minimum atomic E-state index is 0.784. The summed E-state index contributed by atoms with van der Waals surface area (Å²) in [6, 6.07) is 17.0. The summed E-state index contributed by atoms with van der Waals surface area (Å²) in [5.41, 5.74) is 4.13. The van der Waals surface area contributed by atoms with Crippen molar-refractivity contribution in [3.8, 4) is 5.75 Å². The average Bonchev–Trinajstić information content (AvgIpc) is 2.63. The van der Waals surface area contributed by atoms with E-state index in [2.05, 4.69) is 42.5 Å². The third-order valence-electron chi connectivity index (χ3n) is 3.66. The molecule has 0 aliphatic heterocycles. The molecule has 2 nitrogen and oxygen atoms in total. The van der Waals surface area contributed by atoms with Gasteiger partial charge in [-0.25, -0.2) is 0 Å². The molecule has 2 heteroatoms. The fraction of sp³-hybridized carbons (Fsp3) is 0.429. The van der Waals surface area contributed by atoms with Gasteiger partial charge in [-0.15, -0.1) is 0 Å². The molecule has 2 rings (SSSR count). The van der Waals surface area contributed by atoms with Crippen molar-refractivity contribution in [2.75, 3.05) is 20.3 Å². The molecule has 0 saturated heterocycles. The normalized spacial score (nSPS) is 9.91. The highest BCUT2D eigenvalue weighted by atomic mass is 16.5. The molecular weight excluding hydrogens is 284 g/mol. The van der Waals surface area contributed by atoms with Gasteiger partial charge in [0.05, 0.1) is 13.7 Å². The quantitative estimate of drug-likeness (QED) is 0.632. The van der Waals surface area contributed by atoms with Gasteiger partial charge in [-0.3, -0.25) is 0 Å². The first kappa shape index (κ1) is 19.2. The molecule has 0 heterocycles. The van der Waals surface area contributed by atoms with E-state index in [0.717, 1.165) is 38.2 Å². The molecule has 0 aliphatic rings. The van der Waals surface area contributed by atoms with Crippen LogP contribution in [0.5, 0.6) is 5.75 Å². The van der Waals surface area contributed by atoms with E-state index in [1.54, 1.807) is 7.11 Å². The monoisotopic (exact) mass is 314 g/mol. The van der Waals surface area contributed by atoms with Crippen LogP contribution in [0.2, 0.25) is 0 Å².